The molecule has 0 aliphatic carbocycles. The fourth-order valence-corrected chi connectivity index (χ4v) is 4.71. The summed E-state index contributed by atoms with van der Waals surface area (Å²) in [6, 6.07) is 16.1. The Kier molecular flexibility index (Phi) is 6.47. The number of likely N-dealkylation sites (tertiary alicyclic amines) is 1. The molecule has 0 spiro atoms. The van der Waals surface area contributed by atoms with Crippen molar-refractivity contribution in [1.82, 2.24) is 4.90 Å². The average molecular weight is 435 g/mol. The van der Waals surface area contributed by atoms with Crippen LogP contribution in [0.3, 0.4) is 0 Å². The molecule has 31 heavy (non-hydrogen) atoms. The van der Waals surface area contributed by atoms with Gasteiger partial charge in [-0.15, -0.1) is 0 Å². The van der Waals surface area contributed by atoms with E-state index in [9.17, 15) is 9.59 Å². The Bertz CT molecular complexity index is 1050. The zero-order chi connectivity index (χ0) is 21.8. The molecule has 5 nitrogen and oxygen atoms in total. The highest BCUT2D eigenvalue weighted by molar-refractivity contribution is 7.99. The maximum Gasteiger partial charge on any atom is 0.257 e. The number of piperidine rings is 1. The molecule has 0 radical (unpaired) electrons. The first-order chi connectivity index (χ1) is 15.0. The number of aryl methyl sites for hydroxylation is 2. The molecule has 3 aromatic rings. The van der Waals surface area contributed by atoms with Gasteiger partial charge in [-0.2, -0.15) is 0 Å². The van der Waals surface area contributed by atoms with Crippen molar-refractivity contribution < 1.29 is 14.0 Å². The van der Waals surface area contributed by atoms with E-state index >= 15 is 0 Å². The Morgan fingerprint density at radius 1 is 1.03 bits per heavy atom. The van der Waals surface area contributed by atoms with E-state index in [2.05, 4.69) is 37.4 Å². The molecule has 1 aliphatic rings. The summed E-state index contributed by atoms with van der Waals surface area (Å²) in [5, 5.41) is 3.03. The fraction of sp³-hybridized carbons (Fsp3) is 0.280. The second-order valence-corrected chi connectivity index (χ2v) is 9.08. The van der Waals surface area contributed by atoms with Crippen LogP contribution < -0.4 is 5.32 Å². The van der Waals surface area contributed by atoms with Gasteiger partial charge in [-0.25, -0.2) is 0 Å². The van der Waals surface area contributed by atoms with Crippen LogP contribution in [0.5, 0.6) is 0 Å². The van der Waals surface area contributed by atoms with Crippen molar-refractivity contribution in [2.75, 3.05) is 18.4 Å². The van der Waals surface area contributed by atoms with E-state index in [-0.39, 0.29) is 17.7 Å². The topological polar surface area (TPSA) is 62.6 Å². The van der Waals surface area contributed by atoms with E-state index in [1.165, 1.54) is 28.5 Å². The van der Waals surface area contributed by atoms with Crippen LogP contribution in [0.2, 0.25) is 0 Å². The molecule has 6 heteroatoms. The second kappa shape index (κ2) is 9.43. The van der Waals surface area contributed by atoms with E-state index in [1.54, 1.807) is 22.7 Å². The minimum absolute atomic E-state index is 0.0188. The third-order valence-electron chi connectivity index (χ3n) is 5.61. The van der Waals surface area contributed by atoms with Gasteiger partial charge in [0.05, 0.1) is 11.8 Å². The van der Waals surface area contributed by atoms with Gasteiger partial charge in [0.15, 0.2) is 0 Å². The molecule has 160 valence electrons. The zero-order valence-corrected chi connectivity index (χ0v) is 18.6. The highest BCUT2D eigenvalue weighted by Crippen LogP contribution is 2.32. The van der Waals surface area contributed by atoms with Gasteiger partial charge in [0.1, 0.15) is 6.26 Å². The maximum atomic E-state index is 12.7. The van der Waals surface area contributed by atoms with Crippen molar-refractivity contribution >= 4 is 29.3 Å². The Morgan fingerprint density at radius 3 is 2.45 bits per heavy atom. The van der Waals surface area contributed by atoms with Gasteiger partial charge in [0, 0.05) is 34.5 Å². The molecule has 4 rings (SSSR count). The number of rotatable bonds is 5. The van der Waals surface area contributed by atoms with Crippen LogP contribution in [-0.2, 0) is 4.79 Å². The molecular formula is C25H26N2O3S. The summed E-state index contributed by atoms with van der Waals surface area (Å²) >= 11 is 1.73. The van der Waals surface area contributed by atoms with Crippen molar-refractivity contribution in [2.45, 2.75) is 36.5 Å². The van der Waals surface area contributed by atoms with Gasteiger partial charge in [-0.05, 0) is 74.2 Å². The monoisotopic (exact) mass is 434 g/mol. The third-order valence-corrected chi connectivity index (χ3v) is 6.78. The molecule has 1 N–H and O–H groups in total. The zero-order valence-electron chi connectivity index (χ0n) is 17.8. The minimum atomic E-state index is -0.0857. The predicted molar refractivity (Wildman–Crippen MR) is 122 cm³/mol. The van der Waals surface area contributed by atoms with Gasteiger partial charge in [0.25, 0.3) is 5.91 Å². The molecule has 2 aromatic carbocycles. The number of furan rings is 1. The number of nitrogens with one attached hydrogen (secondary N) is 1. The van der Waals surface area contributed by atoms with Crippen LogP contribution in [0.1, 0.15) is 34.3 Å². The Labute approximate surface area is 186 Å². The summed E-state index contributed by atoms with van der Waals surface area (Å²) < 4.78 is 4.99. The van der Waals surface area contributed by atoms with Crippen LogP contribution in [-0.4, -0.2) is 29.8 Å². The lowest BCUT2D eigenvalue weighted by molar-refractivity contribution is -0.121. The van der Waals surface area contributed by atoms with Crippen LogP contribution in [0.15, 0.2) is 75.3 Å². The summed E-state index contributed by atoms with van der Waals surface area (Å²) in [5.41, 5.74) is 3.86. The molecule has 1 aliphatic heterocycles. The average Bonchev–Trinajstić information content (AvgIpc) is 3.32. The predicted octanol–water partition coefficient (Wildman–Crippen LogP) is 5.54. The number of hydrogen-bond donors (Lipinski definition) is 1. The van der Waals surface area contributed by atoms with Gasteiger partial charge in [-0.1, -0.05) is 23.9 Å². The normalized spacial score (nSPS) is 14.5. The van der Waals surface area contributed by atoms with Gasteiger partial charge in [0.2, 0.25) is 5.91 Å². The highest BCUT2D eigenvalue weighted by Gasteiger charge is 2.28. The SMILES string of the molecule is Cc1ccc(C)c(Sc2ccc(NC(=O)C3CCN(C(=O)c4ccoc4)CC3)cc2)c1. The van der Waals surface area contributed by atoms with Gasteiger partial charge < -0.3 is 14.6 Å². The first kappa shape index (κ1) is 21.2. The van der Waals surface area contributed by atoms with E-state index in [1.807, 2.05) is 24.3 Å². The standard InChI is InChI=1S/C25H26N2O3S/c1-17-3-4-18(2)23(15-17)31-22-7-5-21(6-8-22)26-24(28)19-9-12-27(13-10-19)25(29)20-11-14-30-16-20/h3-8,11,14-16,19H,9-10,12-13H2,1-2H3,(H,26,28). The lowest BCUT2D eigenvalue weighted by Gasteiger charge is -2.31. The molecule has 1 aromatic heterocycles. The summed E-state index contributed by atoms with van der Waals surface area (Å²) in [6.45, 7) is 5.37. The van der Waals surface area contributed by atoms with E-state index < -0.39 is 0 Å². The lowest BCUT2D eigenvalue weighted by atomic mass is 9.95. The number of carbonyl (C=O) groups excluding carboxylic acids is 2. The smallest absolute Gasteiger partial charge is 0.257 e. The quantitative estimate of drug-likeness (QED) is 0.573. The number of carbonyl (C=O) groups is 2. The highest BCUT2D eigenvalue weighted by atomic mass is 32.2. The van der Waals surface area contributed by atoms with Crippen molar-refractivity contribution in [1.29, 1.82) is 0 Å². The molecule has 0 bridgehead atoms. The summed E-state index contributed by atoms with van der Waals surface area (Å²) in [4.78, 5) is 29.3. The number of anilines is 1. The molecule has 2 heterocycles. The molecule has 1 saturated heterocycles. The summed E-state index contributed by atoms with van der Waals surface area (Å²) in [6.07, 6.45) is 4.29. The van der Waals surface area contributed by atoms with Crippen LogP contribution in [0.25, 0.3) is 0 Å². The molecule has 2 amide bonds. The van der Waals surface area contributed by atoms with Crippen molar-refractivity contribution in [3.8, 4) is 0 Å². The molecule has 0 atom stereocenters. The molecule has 0 unspecified atom stereocenters. The Balaban J connectivity index is 1.30. The Hall–Kier alpha value is -2.99. The summed E-state index contributed by atoms with van der Waals surface area (Å²) in [5.74, 6) is -0.104. The van der Waals surface area contributed by atoms with E-state index in [0.29, 0.717) is 31.5 Å². The molecular weight excluding hydrogens is 408 g/mol. The summed E-state index contributed by atoms with van der Waals surface area (Å²) in [7, 11) is 0. The maximum absolute atomic E-state index is 12.7. The van der Waals surface area contributed by atoms with Crippen LogP contribution in [0, 0.1) is 19.8 Å². The number of nitrogens with zero attached hydrogens (tertiary/aromatic N) is 1. The van der Waals surface area contributed by atoms with Crippen LogP contribution in [0.4, 0.5) is 5.69 Å². The number of amides is 2. The lowest BCUT2D eigenvalue weighted by Crippen LogP contribution is -2.41. The van der Waals surface area contributed by atoms with Crippen molar-refractivity contribution in [3.63, 3.8) is 0 Å². The first-order valence-electron chi connectivity index (χ1n) is 10.5. The first-order valence-corrected chi connectivity index (χ1v) is 11.3. The minimum Gasteiger partial charge on any atom is -0.472 e. The Morgan fingerprint density at radius 2 is 1.77 bits per heavy atom. The second-order valence-electron chi connectivity index (χ2n) is 7.96. The van der Waals surface area contributed by atoms with E-state index in [4.69, 9.17) is 4.42 Å². The molecule has 1 fully saturated rings. The van der Waals surface area contributed by atoms with Gasteiger partial charge >= 0.3 is 0 Å². The van der Waals surface area contributed by atoms with Crippen LogP contribution >= 0.6 is 11.8 Å². The van der Waals surface area contributed by atoms with E-state index in [0.717, 1.165) is 10.6 Å². The van der Waals surface area contributed by atoms with Crippen molar-refractivity contribution in [3.05, 3.63) is 77.7 Å². The third kappa shape index (κ3) is 5.20. The number of hydrogen-bond acceptors (Lipinski definition) is 4. The molecule has 0 saturated carbocycles. The largest absolute Gasteiger partial charge is 0.472 e. The number of benzene rings is 2. The van der Waals surface area contributed by atoms with Crippen molar-refractivity contribution in [2.24, 2.45) is 5.92 Å². The fourth-order valence-electron chi connectivity index (χ4n) is 3.71. The van der Waals surface area contributed by atoms with Gasteiger partial charge in [-0.3, -0.25) is 9.59 Å².